The van der Waals surface area contributed by atoms with Crippen LogP contribution < -0.4 is 15.8 Å². The van der Waals surface area contributed by atoms with E-state index in [0.717, 1.165) is 13.1 Å². The number of likely N-dealkylation sites (N-methyl/N-ethyl adjacent to an activating group) is 1. The van der Waals surface area contributed by atoms with Crippen molar-refractivity contribution in [2.24, 2.45) is 0 Å². The van der Waals surface area contributed by atoms with Gasteiger partial charge in [-0.25, -0.2) is 4.98 Å². The van der Waals surface area contributed by atoms with Crippen LogP contribution in [0.1, 0.15) is 12.0 Å². The fourth-order valence-electron chi connectivity index (χ4n) is 3.28. The Labute approximate surface area is 175 Å². The predicted molar refractivity (Wildman–Crippen MR) is 114 cm³/mol. The van der Waals surface area contributed by atoms with Crippen molar-refractivity contribution < 1.29 is 9.53 Å². The Morgan fingerprint density at radius 3 is 2.80 bits per heavy atom. The minimum absolute atomic E-state index is 0.127. The number of ether oxygens (including phenoxy) is 1. The number of fused-ring (bicyclic) bond motifs is 1. The molecule has 1 saturated heterocycles. The monoisotopic (exact) mass is 410 g/mol. The third kappa shape index (κ3) is 4.84. The van der Waals surface area contributed by atoms with Gasteiger partial charge in [-0.3, -0.25) is 14.0 Å². The highest BCUT2D eigenvalue weighted by Crippen LogP contribution is 2.20. The maximum Gasteiger partial charge on any atom is 0.267 e. The van der Waals surface area contributed by atoms with E-state index in [1.54, 1.807) is 25.4 Å². The first-order valence-corrected chi connectivity index (χ1v) is 9.89. The lowest BCUT2D eigenvalue weighted by Crippen LogP contribution is -2.45. The first-order chi connectivity index (χ1) is 14.5. The molecule has 3 rings (SSSR count). The highest BCUT2D eigenvalue weighted by Gasteiger charge is 2.22. The van der Waals surface area contributed by atoms with E-state index in [4.69, 9.17) is 4.74 Å². The maximum atomic E-state index is 13.2. The number of carbonyl (C=O) groups excluding carboxylic acids is 1. The van der Waals surface area contributed by atoms with Gasteiger partial charge >= 0.3 is 0 Å². The second-order valence-electron chi connectivity index (χ2n) is 7.15. The first kappa shape index (κ1) is 21.5. The van der Waals surface area contributed by atoms with Crippen molar-refractivity contribution in [3.05, 3.63) is 45.9 Å². The quantitative estimate of drug-likeness (QED) is 0.403. The van der Waals surface area contributed by atoms with Crippen molar-refractivity contribution in [3.63, 3.8) is 0 Å². The van der Waals surface area contributed by atoms with Gasteiger partial charge in [-0.15, -0.1) is 0 Å². The number of nitrogens with one attached hydrogen (secondary N) is 1. The third-order valence-corrected chi connectivity index (χ3v) is 5.02. The average Bonchev–Trinajstić information content (AvgIpc) is 2.76. The molecule has 1 aliphatic heterocycles. The number of rotatable bonds is 7. The van der Waals surface area contributed by atoms with Gasteiger partial charge in [0, 0.05) is 52.6 Å². The van der Waals surface area contributed by atoms with Crippen LogP contribution in [-0.2, 0) is 9.53 Å². The van der Waals surface area contributed by atoms with Gasteiger partial charge < -0.3 is 19.9 Å². The minimum atomic E-state index is -0.518. The lowest BCUT2D eigenvalue weighted by molar-refractivity contribution is -0.117. The molecule has 9 nitrogen and oxygen atoms in total. The summed E-state index contributed by atoms with van der Waals surface area (Å²) in [5.41, 5.74) is 0.329. The second-order valence-corrected chi connectivity index (χ2v) is 7.15. The molecule has 0 bridgehead atoms. The van der Waals surface area contributed by atoms with Crippen LogP contribution >= 0.6 is 0 Å². The molecule has 1 amide bonds. The fourth-order valence-corrected chi connectivity index (χ4v) is 3.28. The molecule has 0 aromatic carbocycles. The van der Waals surface area contributed by atoms with E-state index < -0.39 is 5.91 Å². The summed E-state index contributed by atoms with van der Waals surface area (Å²) in [5.74, 6) is -0.0188. The van der Waals surface area contributed by atoms with E-state index in [9.17, 15) is 14.9 Å². The van der Waals surface area contributed by atoms with Crippen molar-refractivity contribution in [1.82, 2.24) is 19.6 Å². The second kappa shape index (κ2) is 10.0. The molecule has 2 aromatic heterocycles. The summed E-state index contributed by atoms with van der Waals surface area (Å²) in [6, 6.07) is 7.25. The topological polar surface area (TPSA) is 103 Å². The van der Waals surface area contributed by atoms with E-state index in [2.05, 4.69) is 15.2 Å². The van der Waals surface area contributed by atoms with Gasteiger partial charge in [0.25, 0.3) is 11.5 Å². The Morgan fingerprint density at radius 1 is 1.33 bits per heavy atom. The molecule has 158 valence electrons. The molecule has 0 unspecified atom stereocenters. The van der Waals surface area contributed by atoms with E-state index in [-0.39, 0.29) is 16.7 Å². The zero-order valence-corrected chi connectivity index (χ0v) is 17.3. The molecule has 2 aromatic rings. The average molecular weight is 410 g/mol. The molecule has 30 heavy (non-hydrogen) atoms. The number of piperazine rings is 1. The Hall–Kier alpha value is -3.22. The number of amides is 1. The van der Waals surface area contributed by atoms with Crippen LogP contribution in [0.2, 0.25) is 0 Å². The molecular formula is C21H26N6O3. The van der Waals surface area contributed by atoms with Gasteiger partial charge in [0.15, 0.2) is 0 Å². The summed E-state index contributed by atoms with van der Waals surface area (Å²) in [7, 11) is 3.63. The fraction of sp³-hybridized carbons (Fsp3) is 0.429. The van der Waals surface area contributed by atoms with Gasteiger partial charge in [0.2, 0.25) is 0 Å². The lowest BCUT2D eigenvalue weighted by atomic mass is 10.1. The number of nitriles is 1. The van der Waals surface area contributed by atoms with Gasteiger partial charge in [-0.1, -0.05) is 6.07 Å². The maximum absolute atomic E-state index is 13.2. The van der Waals surface area contributed by atoms with Gasteiger partial charge in [0.05, 0.1) is 5.56 Å². The summed E-state index contributed by atoms with van der Waals surface area (Å²) >= 11 is 0. The number of pyridine rings is 1. The van der Waals surface area contributed by atoms with Crippen molar-refractivity contribution >= 4 is 23.4 Å². The Morgan fingerprint density at radius 2 is 2.10 bits per heavy atom. The summed E-state index contributed by atoms with van der Waals surface area (Å²) in [6.07, 6.45) is 3.62. The van der Waals surface area contributed by atoms with Crippen LogP contribution in [0.25, 0.3) is 11.7 Å². The number of aromatic nitrogens is 2. The zero-order chi connectivity index (χ0) is 21.5. The molecule has 0 atom stereocenters. The molecule has 1 N–H and O–H groups in total. The van der Waals surface area contributed by atoms with Crippen molar-refractivity contribution in [2.45, 2.75) is 6.42 Å². The largest absolute Gasteiger partial charge is 0.385 e. The Kier molecular flexibility index (Phi) is 7.17. The molecular weight excluding hydrogens is 384 g/mol. The minimum Gasteiger partial charge on any atom is -0.385 e. The van der Waals surface area contributed by atoms with Crippen LogP contribution in [0.4, 0.5) is 5.82 Å². The summed E-state index contributed by atoms with van der Waals surface area (Å²) in [4.78, 5) is 34.6. The predicted octanol–water partition coefficient (Wildman–Crippen LogP) is 0.506. The summed E-state index contributed by atoms with van der Waals surface area (Å²) in [5, 5.41) is 12.2. The smallest absolute Gasteiger partial charge is 0.267 e. The lowest BCUT2D eigenvalue weighted by Gasteiger charge is -2.34. The summed E-state index contributed by atoms with van der Waals surface area (Å²) in [6.45, 7) is 3.98. The molecule has 0 radical (unpaired) electrons. The van der Waals surface area contributed by atoms with Crippen LogP contribution in [0.5, 0.6) is 0 Å². The van der Waals surface area contributed by atoms with E-state index in [1.165, 1.54) is 10.5 Å². The molecule has 0 spiro atoms. The van der Waals surface area contributed by atoms with Crippen LogP contribution in [0.15, 0.2) is 34.8 Å². The molecule has 0 saturated carbocycles. The normalized spacial score (nSPS) is 15.2. The van der Waals surface area contributed by atoms with Crippen molar-refractivity contribution in [3.8, 4) is 6.07 Å². The number of hydrogen-bond acceptors (Lipinski definition) is 7. The van der Waals surface area contributed by atoms with Crippen LogP contribution in [0.3, 0.4) is 0 Å². The molecule has 1 fully saturated rings. The third-order valence-electron chi connectivity index (χ3n) is 5.02. The molecule has 1 aliphatic rings. The Balaban J connectivity index is 2.02. The first-order valence-electron chi connectivity index (χ1n) is 9.89. The van der Waals surface area contributed by atoms with Crippen molar-refractivity contribution in [1.29, 1.82) is 5.26 Å². The van der Waals surface area contributed by atoms with Gasteiger partial charge in [0.1, 0.15) is 23.1 Å². The van der Waals surface area contributed by atoms with Gasteiger partial charge in [-0.2, -0.15) is 5.26 Å². The molecule has 3 heterocycles. The SMILES string of the molecule is COCCCNC(=O)/C(C#N)=C/c1c(N2CCN(C)CC2)nc2ccccn2c1=O. The van der Waals surface area contributed by atoms with Crippen LogP contribution in [-0.4, -0.2) is 73.7 Å². The number of methoxy groups -OCH3 is 1. The standard InChI is InChI=1S/C21H26N6O3/c1-25-9-11-26(12-10-25)19-17(21(29)27-8-4-3-6-18(27)24-19)14-16(15-22)20(28)23-7-5-13-30-2/h3-4,6,8,14H,5,7,9-13H2,1-2H3,(H,23,28)/b16-14+. The Bertz CT molecular complexity index is 1030. The molecule has 9 heteroatoms. The highest BCUT2D eigenvalue weighted by molar-refractivity contribution is 6.02. The number of hydrogen-bond donors (Lipinski definition) is 1. The zero-order valence-electron chi connectivity index (χ0n) is 17.3. The highest BCUT2D eigenvalue weighted by atomic mass is 16.5. The van der Waals surface area contributed by atoms with Gasteiger partial charge in [-0.05, 0) is 31.7 Å². The van der Waals surface area contributed by atoms with E-state index in [1.807, 2.05) is 24.1 Å². The summed E-state index contributed by atoms with van der Waals surface area (Å²) < 4.78 is 6.39. The number of anilines is 1. The van der Waals surface area contributed by atoms with E-state index >= 15 is 0 Å². The van der Waals surface area contributed by atoms with E-state index in [0.29, 0.717) is 44.1 Å². The number of carbonyl (C=O) groups is 1. The molecule has 0 aliphatic carbocycles. The van der Waals surface area contributed by atoms with Crippen LogP contribution in [0, 0.1) is 11.3 Å². The number of nitrogens with zero attached hydrogens (tertiary/aromatic N) is 5. The van der Waals surface area contributed by atoms with Crippen molar-refractivity contribution in [2.75, 3.05) is 58.4 Å².